The summed E-state index contributed by atoms with van der Waals surface area (Å²) in [7, 11) is 0. The molecule has 0 fully saturated rings. The molecule has 0 aliphatic carbocycles. The van der Waals surface area contributed by atoms with Crippen LogP contribution < -0.4 is 4.90 Å². The summed E-state index contributed by atoms with van der Waals surface area (Å²) in [5.41, 5.74) is 5.79. The Labute approximate surface area is 207 Å². The van der Waals surface area contributed by atoms with Gasteiger partial charge in [-0.15, -0.1) is 0 Å². The molecule has 0 aliphatic heterocycles. The predicted molar refractivity (Wildman–Crippen MR) is 146 cm³/mol. The van der Waals surface area contributed by atoms with Gasteiger partial charge in [0.2, 0.25) is 0 Å². The van der Waals surface area contributed by atoms with E-state index >= 15 is 0 Å². The highest BCUT2D eigenvalue weighted by Gasteiger charge is 2.25. The summed E-state index contributed by atoms with van der Waals surface area (Å²) in [5.74, 6) is 0. The van der Waals surface area contributed by atoms with E-state index in [1.165, 1.54) is 81.1 Å². The number of hydrogen-bond acceptors (Lipinski definition) is 3. The Kier molecular flexibility index (Phi) is 11.1. The van der Waals surface area contributed by atoms with Crippen molar-refractivity contribution in [1.29, 1.82) is 0 Å². The molecule has 0 N–H and O–H groups in total. The number of hydrogen-bond donors (Lipinski definition) is 0. The molecule has 0 saturated heterocycles. The van der Waals surface area contributed by atoms with Crippen LogP contribution in [0.5, 0.6) is 0 Å². The maximum absolute atomic E-state index is 4.63. The quantitative estimate of drug-likeness (QED) is 0.213. The normalized spacial score (nSPS) is 12.0. The third-order valence-electron chi connectivity index (χ3n) is 6.80. The van der Waals surface area contributed by atoms with Gasteiger partial charge in [-0.1, -0.05) is 101 Å². The van der Waals surface area contributed by atoms with Crippen molar-refractivity contribution in [3.63, 3.8) is 0 Å². The van der Waals surface area contributed by atoms with E-state index in [0.29, 0.717) is 0 Å². The van der Waals surface area contributed by atoms with Gasteiger partial charge in [-0.2, -0.15) is 0 Å². The van der Waals surface area contributed by atoms with Gasteiger partial charge >= 0.3 is 0 Å². The maximum atomic E-state index is 4.63. The largest absolute Gasteiger partial charge is 0.331 e. The van der Waals surface area contributed by atoms with E-state index in [1.54, 1.807) is 0 Å². The topological polar surface area (TPSA) is 29.0 Å². The van der Waals surface area contributed by atoms with Crippen molar-refractivity contribution in [2.75, 3.05) is 4.90 Å². The second kappa shape index (κ2) is 14.6. The molecule has 1 atom stereocenters. The van der Waals surface area contributed by atoms with Gasteiger partial charge in [0.1, 0.15) is 0 Å². The first-order valence-corrected chi connectivity index (χ1v) is 13.4. The third-order valence-corrected chi connectivity index (χ3v) is 6.80. The Morgan fingerprint density at radius 1 is 0.618 bits per heavy atom. The van der Waals surface area contributed by atoms with E-state index in [4.69, 9.17) is 0 Å². The van der Waals surface area contributed by atoms with Gasteiger partial charge in [-0.05, 0) is 50.1 Å². The molecule has 0 bridgehead atoms. The van der Waals surface area contributed by atoms with Gasteiger partial charge in [0.25, 0.3) is 0 Å². The fourth-order valence-electron chi connectivity index (χ4n) is 4.87. The summed E-state index contributed by atoms with van der Waals surface area (Å²) < 4.78 is 0. The molecule has 2 aromatic heterocycles. The molecule has 3 nitrogen and oxygen atoms in total. The van der Waals surface area contributed by atoms with E-state index in [1.807, 2.05) is 24.5 Å². The number of aromatic nitrogens is 2. The molecule has 0 saturated carbocycles. The number of rotatable bonds is 15. The first-order chi connectivity index (χ1) is 16.7. The Bertz CT molecular complexity index is 908. The van der Waals surface area contributed by atoms with Crippen LogP contribution in [0.1, 0.15) is 101 Å². The number of aryl methyl sites for hydroxylation is 2. The average molecular weight is 458 g/mol. The lowest BCUT2D eigenvalue weighted by Crippen LogP contribution is -2.26. The molecular formula is C31H43N3. The van der Waals surface area contributed by atoms with Crippen LogP contribution in [0, 0.1) is 13.8 Å². The minimum atomic E-state index is 0.251. The number of nitrogens with zero attached hydrogens (tertiary/aromatic N) is 3. The molecule has 0 radical (unpaired) electrons. The van der Waals surface area contributed by atoms with Crippen LogP contribution in [0.15, 0.2) is 67.0 Å². The molecule has 0 spiro atoms. The van der Waals surface area contributed by atoms with Crippen molar-refractivity contribution in [2.24, 2.45) is 0 Å². The molecule has 1 unspecified atom stereocenters. The molecule has 0 amide bonds. The van der Waals surface area contributed by atoms with Gasteiger partial charge in [0.05, 0.1) is 28.8 Å². The summed E-state index contributed by atoms with van der Waals surface area (Å²) in [4.78, 5) is 11.7. The van der Waals surface area contributed by atoms with Crippen LogP contribution in [0.3, 0.4) is 0 Å². The molecule has 2 heterocycles. The highest BCUT2D eigenvalue weighted by molar-refractivity contribution is 5.68. The smallest absolute Gasteiger partial charge is 0.0633 e. The summed E-state index contributed by atoms with van der Waals surface area (Å²) >= 11 is 0. The van der Waals surface area contributed by atoms with Crippen molar-refractivity contribution in [3.8, 4) is 0 Å². The fraction of sp³-hybridized carbons (Fsp3) is 0.484. The fourth-order valence-corrected chi connectivity index (χ4v) is 4.87. The lowest BCUT2D eigenvalue weighted by Gasteiger charge is -2.35. The third kappa shape index (κ3) is 7.68. The molecule has 1 aromatic carbocycles. The van der Waals surface area contributed by atoms with Crippen LogP contribution in [-0.4, -0.2) is 9.97 Å². The van der Waals surface area contributed by atoms with Gasteiger partial charge in [-0.3, -0.25) is 9.97 Å². The van der Waals surface area contributed by atoms with Crippen LogP contribution in [0.2, 0.25) is 0 Å². The monoisotopic (exact) mass is 457 g/mol. The Morgan fingerprint density at radius 2 is 1.12 bits per heavy atom. The summed E-state index contributed by atoms with van der Waals surface area (Å²) in [6.45, 7) is 6.50. The zero-order valence-electron chi connectivity index (χ0n) is 21.5. The van der Waals surface area contributed by atoms with E-state index < -0.39 is 0 Å². The Balaban J connectivity index is 1.73. The van der Waals surface area contributed by atoms with Crippen LogP contribution >= 0.6 is 0 Å². The lowest BCUT2D eigenvalue weighted by atomic mass is 9.96. The van der Waals surface area contributed by atoms with E-state index in [0.717, 1.165) is 17.8 Å². The second-order valence-corrected chi connectivity index (χ2v) is 9.48. The summed E-state index contributed by atoms with van der Waals surface area (Å²) in [5, 5.41) is 0. The average Bonchev–Trinajstić information content (AvgIpc) is 2.86. The van der Waals surface area contributed by atoms with Gasteiger partial charge in [0, 0.05) is 12.4 Å². The molecule has 182 valence electrons. The molecule has 3 rings (SSSR count). The summed E-state index contributed by atoms with van der Waals surface area (Å²) in [6.07, 6.45) is 18.4. The minimum Gasteiger partial charge on any atom is -0.331 e. The van der Waals surface area contributed by atoms with Crippen molar-refractivity contribution < 1.29 is 0 Å². The Hall–Kier alpha value is -2.68. The number of anilines is 2. The van der Waals surface area contributed by atoms with Crippen molar-refractivity contribution in [1.82, 2.24) is 9.97 Å². The standard InChI is InChI=1S/C31H43N3/c1-4-5-6-7-8-9-10-11-12-16-21-31(28-19-14-13-15-20-28)34(29-22-17-24-32-26(29)2)30-23-18-25-33-27(30)3/h13-15,17-20,22-25,31H,4-12,16,21H2,1-3H3. The molecule has 34 heavy (non-hydrogen) atoms. The second-order valence-electron chi connectivity index (χ2n) is 9.48. The van der Waals surface area contributed by atoms with Crippen molar-refractivity contribution >= 4 is 11.4 Å². The SMILES string of the molecule is CCCCCCCCCCCCC(c1ccccc1)N(c1cccnc1C)c1cccnc1C. The lowest BCUT2D eigenvalue weighted by molar-refractivity contribution is 0.525. The zero-order valence-corrected chi connectivity index (χ0v) is 21.5. The number of unbranched alkanes of at least 4 members (excludes halogenated alkanes) is 9. The predicted octanol–water partition coefficient (Wildman–Crippen LogP) is 9.28. The van der Waals surface area contributed by atoms with Gasteiger partial charge in [0.15, 0.2) is 0 Å². The number of benzene rings is 1. The highest BCUT2D eigenvalue weighted by Crippen LogP contribution is 2.40. The van der Waals surface area contributed by atoms with Crippen molar-refractivity contribution in [2.45, 2.75) is 97.4 Å². The first kappa shape index (κ1) is 25.9. The minimum absolute atomic E-state index is 0.251. The molecular weight excluding hydrogens is 414 g/mol. The van der Waals surface area contributed by atoms with E-state index in [9.17, 15) is 0 Å². The van der Waals surface area contributed by atoms with Gasteiger partial charge in [-0.25, -0.2) is 0 Å². The first-order valence-electron chi connectivity index (χ1n) is 13.4. The number of pyridine rings is 2. The molecule has 3 heteroatoms. The molecule has 0 aliphatic rings. The van der Waals surface area contributed by atoms with Crippen LogP contribution in [0.4, 0.5) is 11.4 Å². The van der Waals surface area contributed by atoms with Crippen LogP contribution in [-0.2, 0) is 0 Å². The highest BCUT2D eigenvalue weighted by atomic mass is 15.2. The van der Waals surface area contributed by atoms with Crippen LogP contribution in [0.25, 0.3) is 0 Å². The summed E-state index contributed by atoms with van der Waals surface area (Å²) in [6, 6.07) is 19.7. The maximum Gasteiger partial charge on any atom is 0.0633 e. The zero-order chi connectivity index (χ0) is 24.0. The van der Waals surface area contributed by atoms with Gasteiger partial charge < -0.3 is 4.90 Å². The van der Waals surface area contributed by atoms with Crippen molar-refractivity contribution in [3.05, 3.63) is 83.9 Å². The molecule has 3 aromatic rings. The Morgan fingerprint density at radius 3 is 1.62 bits per heavy atom. The van der Waals surface area contributed by atoms with E-state index in [2.05, 4.69) is 78.1 Å². The van der Waals surface area contributed by atoms with E-state index in [-0.39, 0.29) is 6.04 Å².